The molecule has 0 fully saturated rings. The van der Waals surface area contributed by atoms with Gasteiger partial charge in [-0.2, -0.15) is 10.5 Å². The number of nitrogens with zero attached hydrogens (tertiary/aromatic N) is 3. The first-order valence-electron chi connectivity index (χ1n) is 5.25. The van der Waals surface area contributed by atoms with Crippen LogP contribution < -0.4 is 4.90 Å². The molecule has 0 radical (unpaired) electrons. The maximum absolute atomic E-state index is 8.68. The molecular weight excluding hydrogens is 198 g/mol. The molecule has 0 aliphatic carbocycles. The molecule has 1 rings (SSSR count). The van der Waals surface area contributed by atoms with Crippen LogP contribution in [0.25, 0.3) is 0 Å². The van der Waals surface area contributed by atoms with Crippen LogP contribution >= 0.6 is 0 Å². The summed E-state index contributed by atoms with van der Waals surface area (Å²) in [4.78, 5) is 1.97. The second-order valence-corrected chi connectivity index (χ2v) is 3.18. The van der Waals surface area contributed by atoms with Crippen LogP contribution in [0.5, 0.6) is 0 Å². The summed E-state index contributed by atoms with van der Waals surface area (Å²) in [5, 5.41) is 17.4. The van der Waals surface area contributed by atoms with E-state index in [-0.39, 0.29) is 0 Å². The van der Waals surface area contributed by atoms with Gasteiger partial charge in [0, 0.05) is 19.8 Å². The molecule has 3 nitrogen and oxygen atoms in total. The Morgan fingerprint density at radius 3 is 1.75 bits per heavy atom. The van der Waals surface area contributed by atoms with Crippen LogP contribution in [0.2, 0.25) is 0 Å². The van der Waals surface area contributed by atoms with E-state index in [1.807, 2.05) is 69.2 Å². The topological polar surface area (TPSA) is 50.8 Å². The first-order valence-corrected chi connectivity index (χ1v) is 5.25. The van der Waals surface area contributed by atoms with Crippen molar-refractivity contribution in [2.75, 3.05) is 19.0 Å². The Kier molecular flexibility index (Phi) is 6.40. The van der Waals surface area contributed by atoms with Crippen LogP contribution in [0.15, 0.2) is 24.3 Å². The summed E-state index contributed by atoms with van der Waals surface area (Å²) < 4.78 is 0. The van der Waals surface area contributed by atoms with Crippen molar-refractivity contribution >= 4 is 5.69 Å². The molecule has 0 unspecified atom stereocenters. The van der Waals surface area contributed by atoms with Crippen LogP contribution in [0, 0.1) is 22.7 Å². The van der Waals surface area contributed by atoms with E-state index in [1.165, 1.54) is 0 Å². The molecule has 0 spiro atoms. The molecule has 0 aliphatic heterocycles. The second-order valence-electron chi connectivity index (χ2n) is 3.18. The molecule has 1 aromatic rings. The van der Waals surface area contributed by atoms with Gasteiger partial charge in [0.15, 0.2) is 5.92 Å². The van der Waals surface area contributed by atoms with Gasteiger partial charge < -0.3 is 4.90 Å². The van der Waals surface area contributed by atoms with E-state index >= 15 is 0 Å². The third kappa shape index (κ3) is 3.63. The Balaban J connectivity index is 0.00000106. The van der Waals surface area contributed by atoms with E-state index in [9.17, 15) is 0 Å². The fourth-order valence-corrected chi connectivity index (χ4v) is 1.14. The molecule has 1 aromatic carbocycles. The average molecular weight is 215 g/mol. The van der Waals surface area contributed by atoms with Gasteiger partial charge in [0.05, 0.1) is 12.1 Å². The van der Waals surface area contributed by atoms with Crippen molar-refractivity contribution in [3.63, 3.8) is 0 Å². The largest absolute Gasteiger partial charge is 0.378 e. The minimum absolute atomic E-state index is 0.661. The number of nitriles is 2. The van der Waals surface area contributed by atoms with Crippen LogP contribution in [0.4, 0.5) is 5.69 Å². The van der Waals surface area contributed by atoms with E-state index in [2.05, 4.69) is 0 Å². The minimum Gasteiger partial charge on any atom is -0.378 e. The maximum Gasteiger partial charge on any atom is 0.158 e. The number of anilines is 1. The highest BCUT2D eigenvalue weighted by Crippen LogP contribution is 2.18. The van der Waals surface area contributed by atoms with Gasteiger partial charge in [-0.1, -0.05) is 26.0 Å². The quantitative estimate of drug-likeness (QED) is 0.762. The molecule has 0 atom stereocenters. The van der Waals surface area contributed by atoms with Crippen LogP contribution in [0.1, 0.15) is 25.3 Å². The number of rotatable bonds is 2. The summed E-state index contributed by atoms with van der Waals surface area (Å²) >= 11 is 0. The molecule has 0 saturated heterocycles. The van der Waals surface area contributed by atoms with Gasteiger partial charge in [0.2, 0.25) is 0 Å². The number of benzene rings is 1. The molecule has 84 valence electrons. The normalized spacial score (nSPS) is 8.44. The van der Waals surface area contributed by atoms with Gasteiger partial charge in [0.25, 0.3) is 0 Å². The lowest BCUT2D eigenvalue weighted by Crippen LogP contribution is -2.08. The predicted molar refractivity (Wildman–Crippen MR) is 66.1 cm³/mol. The smallest absolute Gasteiger partial charge is 0.158 e. The minimum atomic E-state index is -0.661. The molecule has 0 aliphatic rings. The molecule has 0 aromatic heterocycles. The van der Waals surface area contributed by atoms with Crippen LogP contribution in [0.3, 0.4) is 0 Å². The first-order chi connectivity index (χ1) is 7.69. The van der Waals surface area contributed by atoms with E-state index < -0.39 is 5.92 Å². The summed E-state index contributed by atoms with van der Waals surface area (Å²) in [5.41, 5.74) is 1.81. The lowest BCUT2D eigenvalue weighted by atomic mass is 10.0. The van der Waals surface area contributed by atoms with Gasteiger partial charge in [0.1, 0.15) is 0 Å². The van der Waals surface area contributed by atoms with Crippen LogP contribution in [-0.2, 0) is 0 Å². The van der Waals surface area contributed by atoms with Gasteiger partial charge in [-0.15, -0.1) is 0 Å². The van der Waals surface area contributed by atoms with Crippen molar-refractivity contribution in [3.8, 4) is 12.1 Å². The van der Waals surface area contributed by atoms with E-state index in [4.69, 9.17) is 10.5 Å². The Morgan fingerprint density at radius 2 is 1.44 bits per heavy atom. The zero-order chi connectivity index (χ0) is 12.6. The summed E-state index contributed by atoms with van der Waals surface area (Å²) in [6.45, 7) is 4.00. The Bertz CT molecular complexity index is 365. The zero-order valence-corrected chi connectivity index (χ0v) is 10.2. The van der Waals surface area contributed by atoms with Gasteiger partial charge in [-0.3, -0.25) is 0 Å². The van der Waals surface area contributed by atoms with Gasteiger partial charge in [-0.25, -0.2) is 0 Å². The standard InChI is InChI=1S/C11H11N3.C2H6/c1-14(2)11-5-3-9(4-6-11)10(7-12)8-13;1-2/h3-6,10H,1-2H3;1-2H3. The van der Waals surface area contributed by atoms with Crippen molar-refractivity contribution in [2.45, 2.75) is 19.8 Å². The SMILES string of the molecule is CC.CN(C)c1ccc(C(C#N)C#N)cc1. The highest BCUT2D eigenvalue weighted by atomic mass is 15.1. The summed E-state index contributed by atoms with van der Waals surface area (Å²) in [6, 6.07) is 11.3. The molecular formula is C13H17N3. The van der Waals surface area contributed by atoms with Gasteiger partial charge >= 0.3 is 0 Å². The Labute approximate surface area is 97.5 Å². The highest BCUT2D eigenvalue weighted by Gasteiger charge is 2.08. The monoisotopic (exact) mass is 215 g/mol. The molecule has 0 amide bonds. The lowest BCUT2D eigenvalue weighted by Gasteiger charge is -2.12. The van der Waals surface area contributed by atoms with Crippen molar-refractivity contribution in [2.24, 2.45) is 0 Å². The third-order valence-electron chi connectivity index (χ3n) is 2.00. The average Bonchev–Trinajstić information content (AvgIpc) is 2.34. The fourth-order valence-electron chi connectivity index (χ4n) is 1.14. The number of hydrogen-bond donors (Lipinski definition) is 0. The number of hydrogen-bond acceptors (Lipinski definition) is 3. The lowest BCUT2D eigenvalue weighted by molar-refractivity contribution is 1.09. The molecule has 0 heterocycles. The van der Waals surface area contributed by atoms with E-state index in [1.54, 1.807) is 0 Å². The summed E-state index contributed by atoms with van der Waals surface area (Å²) in [7, 11) is 3.89. The third-order valence-corrected chi connectivity index (χ3v) is 2.00. The van der Waals surface area contributed by atoms with Crippen molar-refractivity contribution in [1.82, 2.24) is 0 Å². The maximum atomic E-state index is 8.68. The molecule has 0 saturated carbocycles. The van der Waals surface area contributed by atoms with Crippen molar-refractivity contribution in [3.05, 3.63) is 29.8 Å². The predicted octanol–water partition coefficient (Wildman–Crippen LogP) is 2.91. The summed E-state index contributed by atoms with van der Waals surface area (Å²) in [6.07, 6.45) is 0. The first kappa shape index (κ1) is 14.0. The van der Waals surface area contributed by atoms with Crippen LogP contribution in [-0.4, -0.2) is 14.1 Å². The Hall–Kier alpha value is -2.00. The molecule has 0 N–H and O–H groups in total. The molecule has 0 bridgehead atoms. The highest BCUT2D eigenvalue weighted by molar-refractivity contribution is 5.48. The van der Waals surface area contributed by atoms with E-state index in [0.717, 1.165) is 11.3 Å². The zero-order valence-electron chi connectivity index (χ0n) is 10.2. The fraction of sp³-hybridized carbons (Fsp3) is 0.385. The van der Waals surface area contributed by atoms with Gasteiger partial charge in [-0.05, 0) is 17.7 Å². The van der Waals surface area contributed by atoms with Crippen molar-refractivity contribution in [1.29, 1.82) is 10.5 Å². The summed E-state index contributed by atoms with van der Waals surface area (Å²) in [5.74, 6) is -0.661. The molecule has 3 heteroatoms. The molecule has 16 heavy (non-hydrogen) atoms. The van der Waals surface area contributed by atoms with E-state index in [0.29, 0.717) is 0 Å². The van der Waals surface area contributed by atoms with Crippen molar-refractivity contribution < 1.29 is 0 Å². The Morgan fingerprint density at radius 1 is 1.00 bits per heavy atom. The second kappa shape index (κ2) is 7.31.